The van der Waals surface area contributed by atoms with Crippen molar-refractivity contribution in [1.82, 2.24) is 0 Å². The summed E-state index contributed by atoms with van der Waals surface area (Å²) in [7, 11) is 0. The molecule has 69 heavy (non-hydrogen) atoms. The number of hydrogen-bond acceptors (Lipinski definition) is 3. The van der Waals surface area contributed by atoms with Crippen LogP contribution in [0.4, 0.5) is 155 Å². The summed E-state index contributed by atoms with van der Waals surface area (Å²) in [6.07, 6.45) is -27.0. The van der Waals surface area contributed by atoms with Crippen molar-refractivity contribution in [2.75, 3.05) is 18.0 Å². The van der Waals surface area contributed by atoms with E-state index >= 15 is 0 Å². The first-order chi connectivity index (χ1) is 29.9. The number of anilines is 1. The lowest BCUT2D eigenvalue weighted by molar-refractivity contribution is -0.461. The third-order valence-electron chi connectivity index (χ3n) is 9.71. The molecule has 0 aliphatic rings. The molecule has 0 N–H and O–H groups in total. The summed E-state index contributed by atoms with van der Waals surface area (Å²) in [5.41, 5.74) is -3.05. The van der Waals surface area contributed by atoms with Gasteiger partial charge < -0.3 is 9.32 Å². The zero-order valence-electron chi connectivity index (χ0n) is 32.2. The Morgan fingerprint density at radius 3 is 0.957 bits per heavy atom. The molecule has 0 bridgehead atoms. The van der Waals surface area contributed by atoms with E-state index in [1.165, 1.54) is 0 Å². The van der Waals surface area contributed by atoms with E-state index in [9.17, 15) is 154 Å². The first kappa shape index (κ1) is 61.0. The van der Waals surface area contributed by atoms with E-state index < -0.39 is 151 Å². The van der Waals surface area contributed by atoms with Crippen LogP contribution in [0.2, 0.25) is 0 Å². The Morgan fingerprint density at radius 1 is 0.391 bits per heavy atom. The number of rotatable bonds is 21. The van der Waals surface area contributed by atoms with Crippen molar-refractivity contribution in [2.45, 2.75) is 128 Å². The lowest BCUT2D eigenvalue weighted by Crippen LogP contribution is -2.74. The lowest BCUT2D eigenvalue weighted by atomic mass is 9.88. The summed E-state index contributed by atoms with van der Waals surface area (Å²) in [6, 6.07) is 2.48. The minimum Gasteiger partial charge on any atom is -0.423 e. The van der Waals surface area contributed by atoms with Gasteiger partial charge in [0.05, 0.1) is 0 Å². The molecule has 0 saturated heterocycles. The van der Waals surface area contributed by atoms with Crippen LogP contribution in [-0.2, 0) is 0 Å². The highest BCUT2D eigenvalue weighted by Gasteiger charge is 2.97. The van der Waals surface area contributed by atoms with Crippen molar-refractivity contribution in [1.29, 1.82) is 0 Å². The van der Waals surface area contributed by atoms with Gasteiger partial charge in [-0.05, 0) is 37.5 Å². The van der Waals surface area contributed by atoms with Crippen molar-refractivity contribution < 1.29 is 154 Å². The monoisotopic (exact) mass is 1100 g/mol. The summed E-state index contributed by atoms with van der Waals surface area (Å²) in [6.45, 7) is -2.56. The van der Waals surface area contributed by atoms with E-state index in [1.54, 1.807) is 0 Å². The maximum Gasteiger partial charge on any atom is 0.460 e. The summed E-state index contributed by atoms with van der Waals surface area (Å²) in [5.74, 6) is -119. The van der Waals surface area contributed by atoms with Crippen LogP contribution < -0.4 is 10.5 Å². The van der Waals surface area contributed by atoms with Crippen LogP contribution in [0.25, 0.3) is 11.0 Å². The molecule has 1 aromatic carbocycles. The summed E-state index contributed by atoms with van der Waals surface area (Å²) >= 11 is 0. The van der Waals surface area contributed by atoms with Gasteiger partial charge in [-0.15, -0.1) is 0 Å². The third kappa shape index (κ3) is 8.99. The zero-order chi connectivity index (χ0) is 55.2. The first-order valence-corrected chi connectivity index (χ1v) is 17.2. The third-order valence-corrected chi connectivity index (χ3v) is 9.71. The zero-order valence-corrected chi connectivity index (χ0v) is 32.2. The minimum atomic E-state index is -9.03. The Balaban J connectivity index is 2.60. The number of hydrogen-bond donors (Lipinski definition) is 0. The van der Waals surface area contributed by atoms with Crippen LogP contribution in [0.3, 0.4) is 0 Å². The molecule has 3 nitrogen and oxygen atoms in total. The molecule has 0 fully saturated rings. The van der Waals surface area contributed by atoms with Gasteiger partial charge in [-0.25, -0.2) is 4.79 Å². The number of fused-ring (bicyclic) bond motifs is 1. The SMILES string of the molecule is Cc1cc(=O)oc2cc(N(CCCC(F)(F)C(F)(F)C(F)(F)C(F)(F)C(F)(F)C(F)(F)C(F)(F)C(F)(F)F)CCCC(F)(F)C(F)(F)C(F)(F)C(F)(F)C(F)(F)C(F)(F)C(F)(F)C(F)(F)F)ccc12. The Kier molecular flexibility index (Phi) is 15.3. The lowest BCUT2D eigenvalue weighted by Gasteiger charge is -2.43. The maximum atomic E-state index is 14.6. The van der Waals surface area contributed by atoms with Crippen molar-refractivity contribution in [2.24, 2.45) is 0 Å². The summed E-state index contributed by atoms with van der Waals surface area (Å²) in [5, 5.41) is -0.187. The molecule has 2 aromatic rings. The van der Waals surface area contributed by atoms with Crippen LogP contribution in [-0.4, -0.2) is 108 Å². The van der Waals surface area contributed by atoms with Gasteiger partial charge in [-0.2, -0.15) is 149 Å². The van der Waals surface area contributed by atoms with Gasteiger partial charge in [0.2, 0.25) is 0 Å². The quantitative estimate of drug-likeness (QED) is 0.0923. The molecule has 0 saturated carbocycles. The molecule has 0 unspecified atom stereocenters. The molecule has 0 radical (unpaired) electrons. The van der Waals surface area contributed by atoms with E-state index in [1.807, 2.05) is 0 Å². The maximum absolute atomic E-state index is 14.6. The molecule has 37 heteroatoms. The number of nitrogens with zero attached hydrogens (tertiary/aromatic N) is 1. The summed E-state index contributed by atoms with van der Waals surface area (Å²) < 4.78 is 470. The van der Waals surface area contributed by atoms with Crippen molar-refractivity contribution in [3.63, 3.8) is 0 Å². The predicted octanol–water partition coefficient (Wildman–Crippen LogP) is 14.5. The second kappa shape index (κ2) is 17.3. The fraction of sp³-hybridized carbons (Fsp3) is 0.719. The smallest absolute Gasteiger partial charge is 0.423 e. The van der Waals surface area contributed by atoms with Crippen molar-refractivity contribution >= 4 is 16.7 Å². The highest BCUT2D eigenvalue weighted by atomic mass is 19.4. The topological polar surface area (TPSA) is 33.5 Å². The second-order valence-corrected chi connectivity index (χ2v) is 14.4. The van der Waals surface area contributed by atoms with Gasteiger partial charge >= 0.3 is 101 Å². The van der Waals surface area contributed by atoms with E-state index in [-0.39, 0.29) is 15.8 Å². The molecule has 1 heterocycles. The second-order valence-electron chi connectivity index (χ2n) is 14.4. The summed E-state index contributed by atoms with van der Waals surface area (Å²) in [4.78, 5) is 11.8. The Morgan fingerprint density at radius 2 is 0.667 bits per heavy atom. The molecular formula is C32H19F34NO2. The largest absolute Gasteiger partial charge is 0.460 e. The standard InChI is InChI=1S/C32H19F34NO2/c1-12-10-16(68)69-15-11-13(4-5-14(12)15)67(8-2-6-17(33,34)19(37,38)21(41,42)23(45,46)25(49,50)27(53,54)29(57,58)31(61,62)63)9-3-7-18(35,36)20(39,40)22(43,44)24(47,48)26(51,52)28(55,56)30(59,60)32(64,65)66/h4-5,10-11H,2-3,6-9H2,1H3. The molecule has 1 aromatic heterocycles. The van der Waals surface area contributed by atoms with E-state index in [4.69, 9.17) is 0 Å². The average molecular weight is 1100 g/mol. The number of alkyl halides is 34. The van der Waals surface area contributed by atoms with Crippen LogP contribution in [0.15, 0.2) is 33.5 Å². The van der Waals surface area contributed by atoms with Crippen molar-refractivity contribution in [3.05, 3.63) is 40.2 Å². The molecular weight excluding hydrogens is 1080 g/mol. The van der Waals surface area contributed by atoms with Crippen LogP contribution in [0.1, 0.15) is 31.2 Å². The van der Waals surface area contributed by atoms with Crippen LogP contribution >= 0.6 is 0 Å². The van der Waals surface area contributed by atoms with Gasteiger partial charge in [0.15, 0.2) is 0 Å². The highest BCUT2D eigenvalue weighted by Crippen LogP contribution is 2.66. The molecule has 402 valence electrons. The van der Waals surface area contributed by atoms with E-state index in [0.29, 0.717) is 12.1 Å². The van der Waals surface area contributed by atoms with Gasteiger partial charge in [-0.1, -0.05) is 0 Å². The Hall–Kier alpha value is -4.15. The molecule has 0 aliphatic carbocycles. The fourth-order valence-electron chi connectivity index (χ4n) is 5.57. The molecule has 0 atom stereocenters. The van der Waals surface area contributed by atoms with Gasteiger partial charge in [-0.3, -0.25) is 0 Å². The number of aryl methyl sites for hydroxylation is 1. The minimum absolute atomic E-state index is 0.0362. The molecule has 0 aliphatic heterocycles. The van der Waals surface area contributed by atoms with E-state index in [2.05, 4.69) is 4.42 Å². The van der Waals surface area contributed by atoms with Crippen molar-refractivity contribution in [3.8, 4) is 0 Å². The van der Waals surface area contributed by atoms with Gasteiger partial charge in [0.1, 0.15) is 5.58 Å². The van der Waals surface area contributed by atoms with Crippen LogP contribution in [0, 0.1) is 6.92 Å². The van der Waals surface area contributed by atoms with Gasteiger partial charge in [0, 0.05) is 49.1 Å². The predicted molar refractivity (Wildman–Crippen MR) is 159 cm³/mol. The molecule has 0 amide bonds. The highest BCUT2D eigenvalue weighted by molar-refractivity contribution is 5.83. The Labute approximate surface area is 357 Å². The van der Waals surface area contributed by atoms with Gasteiger partial charge in [0.25, 0.3) is 0 Å². The first-order valence-electron chi connectivity index (χ1n) is 17.2. The normalized spacial score (nSPS) is 15.9. The molecule has 0 spiro atoms. The molecule has 2 rings (SSSR count). The number of halogens is 34. The van der Waals surface area contributed by atoms with E-state index in [0.717, 1.165) is 19.1 Å². The Bertz CT molecular complexity index is 2100. The fourth-order valence-corrected chi connectivity index (χ4v) is 5.57. The number of benzene rings is 1. The van der Waals surface area contributed by atoms with Crippen LogP contribution in [0.5, 0.6) is 0 Å². The average Bonchev–Trinajstić information content (AvgIpc) is 3.14.